The smallest absolute Gasteiger partial charge is 0.103 e. The van der Waals surface area contributed by atoms with Gasteiger partial charge >= 0.3 is 0 Å². The van der Waals surface area contributed by atoms with Gasteiger partial charge in [-0.25, -0.2) is 0 Å². The normalized spacial score (nSPS) is 14.8. The van der Waals surface area contributed by atoms with Crippen LogP contribution in [0.4, 0.5) is 0 Å². The fourth-order valence-corrected chi connectivity index (χ4v) is 1.57. The van der Waals surface area contributed by atoms with Crippen molar-refractivity contribution in [2.24, 2.45) is 0 Å². The molecule has 0 aliphatic rings. The van der Waals surface area contributed by atoms with Crippen LogP contribution < -0.4 is 5.32 Å². The van der Waals surface area contributed by atoms with Gasteiger partial charge in [0.2, 0.25) is 0 Å². The van der Waals surface area contributed by atoms with Crippen LogP contribution in [0.25, 0.3) is 0 Å². The predicted molar refractivity (Wildman–Crippen MR) is 67.0 cm³/mol. The molecule has 98 valence electrons. The van der Waals surface area contributed by atoms with Crippen molar-refractivity contribution < 1.29 is 14.3 Å². The Morgan fingerprint density at radius 2 is 2.35 bits per heavy atom. The Bertz CT molecular complexity index is 274. The zero-order valence-corrected chi connectivity index (χ0v) is 10.7. The van der Waals surface area contributed by atoms with Crippen LogP contribution in [0.5, 0.6) is 0 Å². The summed E-state index contributed by atoms with van der Waals surface area (Å²) in [6, 6.07) is 4.24. The minimum absolute atomic E-state index is 0.358. The van der Waals surface area contributed by atoms with E-state index >= 15 is 0 Å². The van der Waals surface area contributed by atoms with E-state index in [2.05, 4.69) is 12.2 Å². The third-order valence-electron chi connectivity index (χ3n) is 2.62. The summed E-state index contributed by atoms with van der Waals surface area (Å²) in [7, 11) is 0. The molecule has 0 aliphatic heterocycles. The van der Waals surface area contributed by atoms with E-state index in [1.165, 1.54) is 0 Å². The minimum atomic E-state index is -0.430. The van der Waals surface area contributed by atoms with Crippen molar-refractivity contribution in [2.45, 2.75) is 38.8 Å². The largest absolute Gasteiger partial charge is 0.469 e. The van der Waals surface area contributed by atoms with Crippen LogP contribution in [0, 0.1) is 0 Å². The molecular weight excluding hydrogens is 218 g/mol. The number of aliphatic hydroxyl groups excluding tert-OH is 1. The standard InChI is InChI=1S/C13H23NO3/c1-3-16-10-12(15)9-14-11(2)6-7-13-5-4-8-17-13/h4-5,8,11-12,14-15H,3,6-7,9-10H2,1-2H3. The summed E-state index contributed by atoms with van der Waals surface area (Å²) in [5.74, 6) is 1.01. The van der Waals surface area contributed by atoms with E-state index in [4.69, 9.17) is 9.15 Å². The number of aliphatic hydroxyl groups is 1. The van der Waals surface area contributed by atoms with Gasteiger partial charge in [0.25, 0.3) is 0 Å². The van der Waals surface area contributed by atoms with Crippen molar-refractivity contribution in [3.05, 3.63) is 24.2 Å². The minimum Gasteiger partial charge on any atom is -0.469 e. The van der Waals surface area contributed by atoms with E-state index < -0.39 is 6.10 Å². The molecule has 2 N–H and O–H groups in total. The summed E-state index contributed by atoms with van der Waals surface area (Å²) in [4.78, 5) is 0. The van der Waals surface area contributed by atoms with Gasteiger partial charge in [0.1, 0.15) is 5.76 Å². The van der Waals surface area contributed by atoms with Gasteiger partial charge in [0.05, 0.1) is 19.0 Å². The Morgan fingerprint density at radius 1 is 1.53 bits per heavy atom. The first kappa shape index (κ1) is 14.2. The second-order valence-corrected chi connectivity index (χ2v) is 4.24. The van der Waals surface area contributed by atoms with Crippen LogP contribution >= 0.6 is 0 Å². The lowest BCUT2D eigenvalue weighted by molar-refractivity contribution is 0.0415. The van der Waals surface area contributed by atoms with Gasteiger partial charge in [-0.05, 0) is 32.4 Å². The van der Waals surface area contributed by atoms with Crippen LogP contribution in [0.15, 0.2) is 22.8 Å². The first-order valence-electron chi connectivity index (χ1n) is 6.24. The zero-order chi connectivity index (χ0) is 12.5. The Balaban J connectivity index is 2.06. The highest BCUT2D eigenvalue weighted by atomic mass is 16.5. The summed E-state index contributed by atoms with van der Waals surface area (Å²) in [5.41, 5.74) is 0. The van der Waals surface area contributed by atoms with Crippen LogP contribution in [0.1, 0.15) is 26.0 Å². The Labute approximate surface area is 103 Å². The fraction of sp³-hybridized carbons (Fsp3) is 0.692. The lowest BCUT2D eigenvalue weighted by Gasteiger charge is -2.16. The lowest BCUT2D eigenvalue weighted by atomic mass is 10.1. The maximum Gasteiger partial charge on any atom is 0.103 e. The maximum absolute atomic E-state index is 9.58. The molecule has 17 heavy (non-hydrogen) atoms. The van der Waals surface area contributed by atoms with Crippen molar-refractivity contribution >= 4 is 0 Å². The Morgan fingerprint density at radius 3 is 3.00 bits per heavy atom. The average Bonchev–Trinajstić information content (AvgIpc) is 2.84. The summed E-state index contributed by atoms with van der Waals surface area (Å²) in [5, 5.41) is 12.9. The number of hydrogen-bond donors (Lipinski definition) is 2. The number of nitrogens with one attached hydrogen (secondary N) is 1. The van der Waals surface area contributed by atoms with Gasteiger partial charge in [0.15, 0.2) is 0 Å². The molecule has 0 aromatic carbocycles. The molecule has 0 aliphatic carbocycles. The molecule has 0 fully saturated rings. The SMILES string of the molecule is CCOCC(O)CNC(C)CCc1ccco1. The van der Waals surface area contributed by atoms with E-state index in [0.29, 0.717) is 25.8 Å². The van der Waals surface area contributed by atoms with Crippen molar-refractivity contribution in [3.8, 4) is 0 Å². The molecule has 1 rings (SSSR count). The Kier molecular flexibility index (Phi) is 6.93. The quantitative estimate of drug-likeness (QED) is 0.689. The number of furan rings is 1. The van der Waals surface area contributed by atoms with Crippen LogP contribution in [-0.2, 0) is 11.2 Å². The molecule has 4 nitrogen and oxygen atoms in total. The van der Waals surface area contributed by atoms with Crippen LogP contribution in [0.2, 0.25) is 0 Å². The molecule has 1 heterocycles. The monoisotopic (exact) mass is 241 g/mol. The second kappa shape index (κ2) is 8.28. The highest BCUT2D eigenvalue weighted by Crippen LogP contribution is 2.05. The third kappa shape index (κ3) is 6.46. The molecule has 0 saturated heterocycles. The molecular formula is C13H23NO3. The molecule has 0 bridgehead atoms. The summed E-state index contributed by atoms with van der Waals surface area (Å²) < 4.78 is 10.4. The summed E-state index contributed by atoms with van der Waals surface area (Å²) in [6.45, 7) is 5.64. The topological polar surface area (TPSA) is 54.6 Å². The average molecular weight is 241 g/mol. The third-order valence-corrected chi connectivity index (χ3v) is 2.62. The van der Waals surface area contributed by atoms with Gasteiger partial charge in [-0.2, -0.15) is 0 Å². The van der Waals surface area contributed by atoms with E-state index in [1.807, 2.05) is 19.1 Å². The molecule has 1 aromatic rings. The molecule has 4 heteroatoms. The molecule has 0 amide bonds. The number of rotatable bonds is 9. The molecule has 2 atom stereocenters. The van der Waals surface area contributed by atoms with E-state index in [9.17, 15) is 5.11 Å². The van der Waals surface area contributed by atoms with Gasteiger partial charge in [0, 0.05) is 25.6 Å². The van der Waals surface area contributed by atoms with E-state index in [0.717, 1.165) is 18.6 Å². The predicted octanol–water partition coefficient (Wildman–Crippen LogP) is 1.59. The molecule has 0 spiro atoms. The Hall–Kier alpha value is -0.840. The molecule has 2 unspecified atom stereocenters. The summed E-state index contributed by atoms with van der Waals surface area (Å²) >= 11 is 0. The maximum atomic E-state index is 9.58. The number of ether oxygens (including phenoxy) is 1. The van der Waals surface area contributed by atoms with Crippen molar-refractivity contribution in [2.75, 3.05) is 19.8 Å². The molecule has 1 aromatic heterocycles. The highest BCUT2D eigenvalue weighted by molar-refractivity contribution is 4.98. The lowest BCUT2D eigenvalue weighted by Crippen LogP contribution is -2.36. The number of hydrogen-bond acceptors (Lipinski definition) is 4. The number of aryl methyl sites for hydroxylation is 1. The van der Waals surface area contributed by atoms with Crippen molar-refractivity contribution in [3.63, 3.8) is 0 Å². The van der Waals surface area contributed by atoms with Gasteiger partial charge < -0.3 is 19.6 Å². The van der Waals surface area contributed by atoms with Gasteiger partial charge in [-0.3, -0.25) is 0 Å². The molecule has 0 radical (unpaired) electrons. The summed E-state index contributed by atoms with van der Waals surface area (Å²) in [6.07, 6.45) is 3.18. The van der Waals surface area contributed by atoms with E-state index in [1.54, 1.807) is 6.26 Å². The van der Waals surface area contributed by atoms with Gasteiger partial charge in [-0.1, -0.05) is 0 Å². The van der Waals surface area contributed by atoms with Crippen molar-refractivity contribution in [1.29, 1.82) is 0 Å². The van der Waals surface area contributed by atoms with Crippen molar-refractivity contribution in [1.82, 2.24) is 5.32 Å². The first-order valence-corrected chi connectivity index (χ1v) is 6.24. The highest BCUT2D eigenvalue weighted by Gasteiger charge is 2.07. The first-order chi connectivity index (χ1) is 8.22. The zero-order valence-electron chi connectivity index (χ0n) is 10.7. The van der Waals surface area contributed by atoms with Gasteiger partial charge in [-0.15, -0.1) is 0 Å². The van der Waals surface area contributed by atoms with E-state index in [-0.39, 0.29) is 0 Å². The second-order valence-electron chi connectivity index (χ2n) is 4.24. The molecule has 0 saturated carbocycles. The van der Waals surface area contributed by atoms with Crippen LogP contribution in [-0.4, -0.2) is 37.0 Å². The van der Waals surface area contributed by atoms with Crippen LogP contribution in [0.3, 0.4) is 0 Å². The fourth-order valence-electron chi connectivity index (χ4n) is 1.57.